The van der Waals surface area contributed by atoms with Crippen LogP contribution in [0.5, 0.6) is 0 Å². The van der Waals surface area contributed by atoms with Crippen molar-refractivity contribution >= 4 is 22.7 Å². The maximum atomic E-state index is 11.0. The quantitative estimate of drug-likeness (QED) is 0.482. The van der Waals surface area contributed by atoms with Crippen LogP contribution in [0.25, 0.3) is 11.3 Å². The second-order valence-electron chi connectivity index (χ2n) is 6.94. The van der Waals surface area contributed by atoms with Crippen molar-refractivity contribution in [3.8, 4) is 11.3 Å². The van der Waals surface area contributed by atoms with Gasteiger partial charge in [0, 0.05) is 23.1 Å². The zero-order valence-electron chi connectivity index (χ0n) is 16.4. The monoisotopic (exact) mass is 410 g/mol. The zero-order chi connectivity index (χ0) is 20.4. The van der Waals surface area contributed by atoms with Gasteiger partial charge in [-0.1, -0.05) is 18.2 Å². The van der Waals surface area contributed by atoms with Crippen LogP contribution < -0.4 is 9.81 Å². The summed E-state index contributed by atoms with van der Waals surface area (Å²) in [6.45, 7) is 6.97. The van der Waals surface area contributed by atoms with Crippen molar-refractivity contribution in [3.05, 3.63) is 73.9 Å². The smallest absolute Gasteiger partial charge is 0.269 e. The van der Waals surface area contributed by atoms with Crippen molar-refractivity contribution in [2.75, 3.05) is 31.3 Å². The first-order valence-corrected chi connectivity index (χ1v) is 10.3. The average Bonchev–Trinajstić information content (AvgIpc) is 3.15. The molecule has 1 saturated heterocycles. The summed E-state index contributed by atoms with van der Waals surface area (Å²) in [6.07, 6.45) is 0. The first-order chi connectivity index (χ1) is 14.0. The Kier molecular flexibility index (Phi) is 5.46. The Morgan fingerprint density at radius 3 is 2.34 bits per heavy atom. The number of hydrogen-bond acceptors (Lipinski definition) is 6. The molecule has 2 aromatic carbocycles. The molecule has 0 amide bonds. The van der Waals surface area contributed by atoms with Gasteiger partial charge in [-0.15, -0.1) is 11.3 Å². The fourth-order valence-corrected chi connectivity index (χ4v) is 4.34. The number of nitrogens with zero attached hydrogens (tertiary/aromatic N) is 4. The van der Waals surface area contributed by atoms with E-state index in [0.29, 0.717) is 13.2 Å². The van der Waals surface area contributed by atoms with E-state index in [1.807, 2.05) is 6.07 Å². The minimum absolute atomic E-state index is 0.0855. The highest BCUT2D eigenvalue weighted by molar-refractivity contribution is 7.07. The number of nitro groups is 1. The number of thiazole rings is 1. The summed E-state index contributed by atoms with van der Waals surface area (Å²) in [5.74, 6) is 0. The number of morpholine rings is 1. The Morgan fingerprint density at radius 2 is 1.72 bits per heavy atom. The standard InChI is InChI=1S/C21H22N4O3S/c1-15-4-3-5-16(2)20(15)22-21-24(23-10-12-28-13-11-23)19(14-29-21)17-6-8-18(9-7-17)25(26)27/h3-9,14H,10-13H2,1-2H3. The molecule has 3 aromatic rings. The van der Waals surface area contributed by atoms with Crippen LogP contribution in [-0.4, -0.2) is 35.9 Å². The lowest BCUT2D eigenvalue weighted by atomic mass is 10.1. The van der Waals surface area contributed by atoms with Crippen molar-refractivity contribution < 1.29 is 9.66 Å². The Labute approximate surface area is 172 Å². The van der Waals surface area contributed by atoms with Crippen molar-refractivity contribution in [1.29, 1.82) is 0 Å². The average molecular weight is 410 g/mol. The minimum Gasteiger partial charge on any atom is -0.378 e. The molecule has 0 aliphatic carbocycles. The van der Waals surface area contributed by atoms with Crippen LogP contribution in [0.15, 0.2) is 52.8 Å². The van der Waals surface area contributed by atoms with Crippen molar-refractivity contribution in [3.63, 3.8) is 0 Å². The van der Waals surface area contributed by atoms with Crippen LogP contribution in [0.2, 0.25) is 0 Å². The molecule has 29 heavy (non-hydrogen) atoms. The summed E-state index contributed by atoms with van der Waals surface area (Å²) in [5, 5.41) is 15.3. The molecular formula is C21H22N4O3S. The molecule has 2 heterocycles. The largest absolute Gasteiger partial charge is 0.378 e. The van der Waals surface area contributed by atoms with Gasteiger partial charge in [-0.2, -0.15) is 0 Å². The summed E-state index contributed by atoms with van der Waals surface area (Å²) in [4.78, 5) is 16.5. The van der Waals surface area contributed by atoms with E-state index in [0.717, 1.165) is 46.0 Å². The van der Waals surface area contributed by atoms with Crippen LogP contribution in [0.4, 0.5) is 11.4 Å². The Balaban J connectivity index is 1.86. The first kappa shape index (κ1) is 19.4. The molecule has 0 atom stereocenters. The van der Waals surface area contributed by atoms with E-state index >= 15 is 0 Å². The fourth-order valence-electron chi connectivity index (χ4n) is 3.43. The SMILES string of the molecule is Cc1cccc(C)c1N=c1scc(-c2ccc([N+](=O)[O-])cc2)n1N1CCOCC1. The van der Waals surface area contributed by atoms with Gasteiger partial charge in [0.2, 0.25) is 4.80 Å². The highest BCUT2D eigenvalue weighted by Crippen LogP contribution is 2.26. The van der Waals surface area contributed by atoms with E-state index in [1.54, 1.807) is 35.6 Å². The van der Waals surface area contributed by atoms with E-state index < -0.39 is 0 Å². The molecule has 0 N–H and O–H groups in total. The lowest BCUT2D eigenvalue weighted by Crippen LogP contribution is -2.48. The maximum Gasteiger partial charge on any atom is 0.269 e. The minimum atomic E-state index is -0.380. The molecule has 150 valence electrons. The van der Waals surface area contributed by atoms with Gasteiger partial charge < -0.3 is 9.75 Å². The first-order valence-electron chi connectivity index (χ1n) is 9.44. The second-order valence-corrected chi connectivity index (χ2v) is 7.77. The lowest BCUT2D eigenvalue weighted by Gasteiger charge is -2.31. The molecule has 1 aliphatic heterocycles. The van der Waals surface area contributed by atoms with Gasteiger partial charge in [-0.05, 0) is 37.1 Å². The van der Waals surface area contributed by atoms with Gasteiger partial charge in [-0.25, -0.2) is 9.67 Å². The number of para-hydroxylation sites is 1. The highest BCUT2D eigenvalue weighted by Gasteiger charge is 2.18. The number of aromatic nitrogens is 1. The molecule has 4 rings (SSSR count). The number of rotatable bonds is 4. The summed E-state index contributed by atoms with van der Waals surface area (Å²) in [6, 6.07) is 12.8. The number of hydrogen-bond donors (Lipinski definition) is 0. The third-order valence-corrected chi connectivity index (χ3v) is 5.79. The molecule has 8 heteroatoms. The summed E-state index contributed by atoms with van der Waals surface area (Å²) in [5.41, 5.74) is 5.21. The number of ether oxygens (including phenoxy) is 1. The molecule has 1 fully saturated rings. The van der Waals surface area contributed by atoms with Gasteiger partial charge in [0.1, 0.15) is 0 Å². The van der Waals surface area contributed by atoms with Gasteiger partial charge >= 0.3 is 0 Å². The summed E-state index contributed by atoms with van der Waals surface area (Å²) < 4.78 is 7.65. The summed E-state index contributed by atoms with van der Waals surface area (Å²) in [7, 11) is 0. The van der Waals surface area contributed by atoms with Crippen LogP contribution in [-0.2, 0) is 4.74 Å². The lowest BCUT2D eigenvalue weighted by molar-refractivity contribution is -0.384. The second kappa shape index (κ2) is 8.18. The third kappa shape index (κ3) is 3.94. The Hall–Kier alpha value is -2.97. The molecule has 0 bridgehead atoms. The number of aryl methyl sites for hydroxylation is 2. The molecular weight excluding hydrogens is 388 g/mol. The highest BCUT2D eigenvalue weighted by atomic mass is 32.1. The molecule has 7 nitrogen and oxygen atoms in total. The molecule has 1 aliphatic rings. The number of benzene rings is 2. The topological polar surface area (TPSA) is 72.9 Å². The molecule has 1 aromatic heterocycles. The predicted molar refractivity (Wildman–Crippen MR) is 114 cm³/mol. The van der Waals surface area contributed by atoms with Crippen molar-refractivity contribution in [2.24, 2.45) is 4.99 Å². The molecule has 0 spiro atoms. The van der Waals surface area contributed by atoms with Crippen molar-refractivity contribution in [2.45, 2.75) is 13.8 Å². The normalized spacial score (nSPS) is 15.0. The summed E-state index contributed by atoms with van der Waals surface area (Å²) >= 11 is 1.57. The van der Waals surface area contributed by atoms with Gasteiger partial charge in [0.15, 0.2) is 0 Å². The van der Waals surface area contributed by atoms with Gasteiger partial charge in [0.25, 0.3) is 5.69 Å². The van der Waals surface area contributed by atoms with Crippen molar-refractivity contribution in [1.82, 2.24) is 4.68 Å². The molecule has 0 radical (unpaired) electrons. The Bertz CT molecular complexity index is 1080. The van der Waals surface area contributed by atoms with E-state index in [-0.39, 0.29) is 10.6 Å². The molecule has 0 saturated carbocycles. The third-order valence-electron chi connectivity index (χ3n) is 4.98. The Morgan fingerprint density at radius 1 is 1.07 bits per heavy atom. The van der Waals surface area contributed by atoms with Gasteiger partial charge in [0.05, 0.1) is 42.6 Å². The van der Waals surface area contributed by atoms with E-state index in [1.165, 1.54) is 0 Å². The van der Waals surface area contributed by atoms with Crippen LogP contribution in [0, 0.1) is 24.0 Å². The van der Waals surface area contributed by atoms with Crippen LogP contribution in [0.1, 0.15) is 11.1 Å². The van der Waals surface area contributed by atoms with E-state index in [2.05, 4.69) is 41.0 Å². The van der Waals surface area contributed by atoms with E-state index in [9.17, 15) is 10.1 Å². The molecule has 0 unspecified atom stereocenters. The van der Waals surface area contributed by atoms with Crippen LogP contribution in [0.3, 0.4) is 0 Å². The zero-order valence-corrected chi connectivity index (χ0v) is 17.2. The van der Waals surface area contributed by atoms with Gasteiger partial charge in [-0.3, -0.25) is 10.1 Å². The predicted octanol–water partition coefficient (Wildman–Crippen LogP) is 3.94. The number of nitro benzene ring substituents is 1. The maximum absolute atomic E-state index is 11.0. The number of non-ortho nitro benzene ring substituents is 1. The fraction of sp³-hybridized carbons (Fsp3) is 0.286. The van der Waals surface area contributed by atoms with E-state index in [4.69, 9.17) is 9.73 Å². The van der Waals surface area contributed by atoms with Crippen LogP contribution >= 0.6 is 11.3 Å².